The second-order valence-corrected chi connectivity index (χ2v) is 5.39. The highest BCUT2D eigenvalue weighted by Crippen LogP contribution is 2.05. The van der Waals surface area contributed by atoms with Gasteiger partial charge in [0, 0.05) is 38.1 Å². The van der Waals surface area contributed by atoms with Crippen molar-refractivity contribution in [2.45, 2.75) is 25.8 Å². The second kappa shape index (κ2) is 9.36. The van der Waals surface area contributed by atoms with Crippen LogP contribution in [-0.2, 0) is 14.3 Å². The molecule has 0 spiro atoms. The maximum Gasteiger partial charge on any atom is 0.328 e. The Morgan fingerprint density at radius 3 is 2.62 bits per heavy atom. The first-order valence-electron chi connectivity index (χ1n) is 7.53. The first-order valence-corrected chi connectivity index (χ1v) is 7.53. The van der Waals surface area contributed by atoms with Crippen LogP contribution in [0, 0.1) is 11.8 Å². The molecule has 1 aromatic carbocycles. The average molecular weight is 330 g/mol. The van der Waals surface area contributed by atoms with Gasteiger partial charge in [-0.05, 0) is 25.1 Å². The minimum absolute atomic E-state index is 0.0224. The van der Waals surface area contributed by atoms with Gasteiger partial charge in [0.2, 0.25) is 5.91 Å². The van der Waals surface area contributed by atoms with Gasteiger partial charge in [0.05, 0.1) is 7.11 Å². The zero-order valence-electron chi connectivity index (χ0n) is 14.4. The van der Waals surface area contributed by atoms with E-state index in [4.69, 9.17) is 0 Å². The van der Waals surface area contributed by atoms with E-state index in [9.17, 15) is 14.4 Å². The molecule has 0 saturated heterocycles. The molecule has 1 rings (SSSR count). The quantitative estimate of drug-likeness (QED) is 0.650. The summed E-state index contributed by atoms with van der Waals surface area (Å²) in [6.45, 7) is 1.55. The lowest BCUT2D eigenvalue weighted by Gasteiger charge is -2.11. The molecule has 1 unspecified atom stereocenters. The summed E-state index contributed by atoms with van der Waals surface area (Å²) in [6.07, 6.45) is 0.809. The number of nitrogens with zero attached hydrogens (tertiary/aromatic N) is 1. The molecule has 0 saturated carbocycles. The van der Waals surface area contributed by atoms with Gasteiger partial charge < -0.3 is 15.0 Å². The highest BCUT2D eigenvalue weighted by Gasteiger charge is 2.16. The van der Waals surface area contributed by atoms with E-state index in [1.165, 1.54) is 12.0 Å². The van der Waals surface area contributed by atoms with E-state index in [2.05, 4.69) is 21.9 Å². The fraction of sp³-hybridized carbons (Fsp3) is 0.389. The molecule has 1 aromatic rings. The number of carbonyl (C=O) groups excluding carboxylic acids is 3. The largest absolute Gasteiger partial charge is 0.467 e. The lowest BCUT2D eigenvalue weighted by molar-refractivity contribution is -0.142. The number of methoxy groups -OCH3 is 1. The predicted molar refractivity (Wildman–Crippen MR) is 90.2 cm³/mol. The Hall–Kier alpha value is -2.81. The fourth-order valence-electron chi connectivity index (χ4n) is 1.81. The van der Waals surface area contributed by atoms with Crippen LogP contribution in [0.15, 0.2) is 24.3 Å². The zero-order chi connectivity index (χ0) is 18.1. The molecule has 0 aromatic heterocycles. The minimum Gasteiger partial charge on any atom is -0.467 e. The van der Waals surface area contributed by atoms with Gasteiger partial charge in [-0.1, -0.05) is 17.9 Å². The van der Waals surface area contributed by atoms with Crippen LogP contribution in [0.3, 0.4) is 0 Å². The fourth-order valence-corrected chi connectivity index (χ4v) is 1.81. The van der Waals surface area contributed by atoms with Crippen LogP contribution in [0.25, 0.3) is 0 Å². The van der Waals surface area contributed by atoms with Crippen molar-refractivity contribution in [1.29, 1.82) is 0 Å². The van der Waals surface area contributed by atoms with E-state index in [1.54, 1.807) is 45.3 Å². The molecule has 24 heavy (non-hydrogen) atoms. The summed E-state index contributed by atoms with van der Waals surface area (Å²) < 4.78 is 4.57. The van der Waals surface area contributed by atoms with E-state index in [1.807, 2.05) is 0 Å². The third kappa shape index (κ3) is 6.13. The molecule has 6 heteroatoms. The molecule has 128 valence electrons. The lowest BCUT2D eigenvalue weighted by Crippen LogP contribution is -2.39. The number of hydrogen-bond donors (Lipinski definition) is 1. The van der Waals surface area contributed by atoms with Crippen molar-refractivity contribution >= 4 is 17.8 Å². The molecule has 0 aliphatic carbocycles. The molecule has 0 heterocycles. The molecule has 0 radical (unpaired) electrons. The predicted octanol–water partition coefficient (Wildman–Crippen LogP) is 1.20. The van der Waals surface area contributed by atoms with Gasteiger partial charge in [-0.3, -0.25) is 9.59 Å². The number of amides is 2. The number of ether oxygens (including phenoxy) is 1. The van der Waals surface area contributed by atoms with Gasteiger partial charge >= 0.3 is 5.97 Å². The Morgan fingerprint density at radius 2 is 2.00 bits per heavy atom. The molecular formula is C18H22N2O4. The van der Waals surface area contributed by atoms with Gasteiger partial charge in [-0.2, -0.15) is 0 Å². The van der Waals surface area contributed by atoms with Crippen LogP contribution in [0.5, 0.6) is 0 Å². The van der Waals surface area contributed by atoms with Crippen molar-refractivity contribution in [3.8, 4) is 11.8 Å². The topological polar surface area (TPSA) is 75.7 Å². The van der Waals surface area contributed by atoms with Crippen LogP contribution in [0.1, 0.15) is 35.7 Å². The van der Waals surface area contributed by atoms with Crippen molar-refractivity contribution in [3.63, 3.8) is 0 Å². The number of benzene rings is 1. The minimum atomic E-state index is -0.728. The van der Waals surface area contributed by atoms with E-state index in [0.717, 1.165) is 0 Å². The van der Waals surface area contributed by atoms with Crippen molar-refractivity contribution in [1.82, 2.24) is 10.2 Å². The first-order chi connectivity index (χ1) is 11.3. The van der Waals surface area contributed by atoms with Crippen LogP contribution in [-0.4, -0.2) is 49.9 Å². The molecule has 1 atom stereocenters. The molecule has 6 nitrogen and oxygen atoms in total. The molecule has 0 bridgehead atoms. The molecule has 0 fully saturated rings. The van der Waals surface area contributed by atoms with Gasteiger partial charge in [0.15, 0.2) is 0 Å². The number of hydrogen-bond acceptors (Lipinski definition) is 4. The van der Waals surface area contributed by atoms with Crippen molar-refractivity contribution in [3.05, 3.63) is 35.4 Å². The van der Waals surface area contributed by atoms with Gasteiger partial charge in [0.25, 0.3) is 5.91 Å². The number of nitrogens with one attached hydrogen (secondary N) is 1. The summed E-state index contributed by atoms with van der Waals surface area (Å²) >= 11 is 0. The molecule has 0 aliphatic heterocycles. The molecule has 1 N–H and O–H groups in total. The summed E-state index contributed by atoms with van der Waals surface area (Å²) in [4.78, 5) is 36.4. The van der Waals surface area contributed by atoms with Crippen molar-refractivity contribution in [2.24, 2.45) is 0 Å². The number of carbonyl (C=O) groups is 3. The van der Waals surface area contributed by atoms with Crippen LogP contribution in [0.2, 0.25) is 0 Å². The van der Waals surface area contributed by atoms with Gasteiger partial charge in [-0.25, -0.2) is 4.79 Å². The Labute approximate surface area is 142 Å². The SMILES string of the molecule is COC(=O)C(C)NC(=O)c1cccc(C#CCCC(=O)N(C)C)c1. The van der Waals surface area contributed by atoms with Crippen LogP contribution < -0.4 is 5.32 Å². The standard InChI is InChI=1S/C18H22N2O4/c1-13(18(23)24-4)19-17(22)15-10-7-9-14(12-15)8-5-6-11-16(21)20(2)3/h7,9-10,12-13H,6,11H2,1-4H3,(H,19,22). The number of rotatable bonds is 5. The van der Waals surface area contributed by atoms with Gasteiger partial charge in [-0.15, -0.1) is 0 Å². The van der Waals surface area contributed by atoms with Crippen molar-refractivity contribution < 1.29 is 19.1 Å². The highest BCUT2D eigenvalue weighted by atomic mass is 16.5. The third-order valence-corrected chi connectivity index (χ3v) is 3.22. The summed E-state index contributed by atoms with van der Waals surface area (Å²) in [7, 11) is 4.67. The maximum absolute atomic E-state index is 12.1. The third-order valence-electron chi connectivity index (χ3n) is 3.22. The van der Waals surface area contributed by atoms with E-state index in [-0.39, 0.29) is 11.8 Å². The summed E-state index contributed by atoms with van der Waals surface area (Å²) in [5, 5.41) is 2.56. The van der Waals surface area contributed by atoms with Crippen LogP contribution >= 0.6 is 0 Å². The molecule has 0 aliphatic rings. The Morgan fingerprint density at radius 1 is 1.29 bits per heavy atom. The zero-order valence-corrected chi connectivity index (χ0v) is 14.4. The molecule has 2 amide bonds. The maximum atomic E-state index is 12.1. The van der Waals surface area contributed by atoms with E-state index < -0.39 is 12.0 Å². The van der Waals surface area contributed by atoms with Gasteiger partial charge in [0.1, 0.15) is 6.04 Å². The average Bonchev–Trinajstić information content (AvgIpc) is 2.57. The molecular weight excluding hydrogens is 308 g/mol. The van der Waals surface area contributed by atoms with Crippen LogP contribution in [0.4, 0.5) is 0 Å². The Balaban J connectivity index is 2.68. The van der Waals surface area contributed by atoms with E-state index >= 15 is 0 Å². The number of esters is 1. The first kappa shape index (κ1) is 19.2. The summed E-state index contributed by atoms with van der Waals surface area (Å²) in [5.41, 5.74) is 1.08. The Bertz CT molecular complexity index is 671. The lowest BCUT2D eigenvalue weighted by atomic mass is 10.1. The summed E-state index contributed by atoms with van der Waals surface area (Å²) in [5.74, 6) is 4.98. The highest BCUT2D eigenvalue weighted by molar-refractivity contribution is 5.96. The summed E-state index contributed by atoms with van der Waals surface area (Å²) in [6, 6.07) is 6.04. The van der Waals surface area contributed by atoms with Crippen molar-refractivity contribution in [2.75, 3.05) is 21.2 Å². The second-order valence-electron chi connectivity index (χ2n) is 5.39. The smallest absolute Gasteiger partial charge is 0.328 e. The van der Waals surface area contributed by atoms with E-state index in [0.29, 0.717) is 24.0 Å². The normalized spacial score (nSPS) is 10.8. The Kier molecular flexibility index (Phi) is 7.50. The monoisotopic (exact) mass is 330 g/mol.